The number of likely N-dealkylation sites (tertiary alicyclic amines) is 2. The quantitative estimate of drug-likeness (QED) is 0.813. The number of nitrogens with zero attached hydrogens (tertiary/aromatic N) is 2. The SMILES string of the molecule is COCCN1CC2(CCC1=O)CCN(C(=O)[C@@H](C)c1ccccc1)CC2. The smallest absolute Gasteiger partial charge is 0.229 e. The monoisotopic (exact) mass is 358 g/mol. The molecular formula is C21H30N2O3. The first-order chi connectivity index (χ1) is 12.5. The highest BCUT2D eigenvalue weighted by molar-refractivity contribution is 5.83. The Labute approximate surface area is 156 Å². The second-order valence-corrected chi connectivity index (χ2v) is 7.77. The molecule has 26 heavy (non-hydrogen) atoms. The lowest BCUT2D eigenvalue weighted by Crippen LogP contribution is -2.53. The Hall–Kier alpha value is -1.88. The van der Waals surface area contributed by atoms with Gasteiger partial charge in [0.05, 0.1) is 12.5 Å². The van der Waals surface area contributed by atoms with Crippen LogP contribution in [0.2, 0.25) is 0 Å². The molecule has 1 aromatic carbocycles. The second-order valence-electron chi connectivity index (χ2n) is 7.77. The molecule has 0 aromatic heterocycles. The van der Waals surface area contributed by atoms with Gasteiger partial charge in [-0.2, -0.15) is 0 Å². The minimum atomic E-state index is -0.101. The van der Waals surface area contributed by atoms with Crippen LogP contribution in [0.5, 0.6) is 0 Å². The van der Waals surface area contributed by atoms with Crippen molar-refractivity contribution in [2.24, 2.45) is 5.41 Å². The lowest BCUT2D eigenvalue weighted by molar-refractivity contribution is -0.143. The molecule has 5 heteroatoms. The molecule has 1 aromatic rings. The molecule has 2 amide bonds. The number of carbonyl (C=O) groups is 2. The normalized spacial score (nSPS) is 21.1. The molecule has 5 nitrogen and oxygen atoms in total. The molecule has 1 atom stereocenters. The van der Waals surface area contributed by atoms with Gasteiger partial charge in [-0.15, -0.1) is 0 Å². The van der Waals surface area contributed by atoms with Gasteiger partial charge in [0.15, 0.2) is 0 Å². The summed E-state index contributed by atoms with van der Waals surface area (Å²) in [6, 6.07) is 9.99. The zero-order valence-corrected chi connectivity index (χ0v) is 15.9. The largest absolute Gasteiger partial charge is 0.383 e. The van der Waals surface area contributed by atoms with Crippen molar-refractivity contribution in [3.63, 3.8) is 0 Å². The maximum atomic E-state index is 12.9. The van der Waals surface area contributed by atoms with E-state index in [1.807, 2.05) is 47.1 Å². The average molecular weight is 358 g/mol. The van der Waals surface area contributed by atoms with Crippen molar-refractivity contribution in [3.8, 4) is 0 Å². The molecular weight excluding hydrogens is 328 g/mol. The van der Waals surface area contributed by atoms with Crippen LogP contribution >= 0.6 is 0 Å². The fourth-order valence-electron chi connectivity index (χ4n) is 4.28. The fraction of sp³-hybridized carbons (Fsp3) is 0.619. The summed E-state index contributed by atoms with van der Waals surface area (Å²) in [5, 5.41) is 0. The van der Waals surface area contributed by atoms with E-state index in [-0.39, 0.29) is 23.1 Å². The van der Waals surface area contributed by atoms with E-state index in [1.165, 1.54) is 0 Å². The van der Waals surface area contributed by atoms with Crippen molar-refractivity contribution >= 4 is 11.8 Å². The third-order valence-corrected chi connectivity index (χ3v) is 6.12. The van der Waals surface area contributed by atoms with Crippen molar-refractivity contribution in [3.05, 3.63) is 35.9 Å². The van der Waals surface area contributed by atoms with Crippen LogP contribution in [0.25, 0.3) is 0 Å². The minimum Gasteiger partial charge on any atom is -0.383 e. The van der Waals surface area contributed by atoms with Crippen molar-refractivity contribution in [1.29, 1.82) is 0 Å². The van der Waals surface area contributed by atoms with Crippen LogP contribution in [0.3, 0.4) is 0 Å². The third-order valence-electron chi connectivity index (χ3n) is 6.12. The Balaban J connectivity index is 1.58. The Morgan fingerprint density at radius 3 is 2.54 bits per heavy atom. The summed E-state index contributed by atoms with van der Waals surface area (Å²) in [7, 11) is 1.67. The molecule has 0 bridgehead atoms. The van der Waals surface area contributed by atoms with Gasteiger partial charge in [0.2, 0.25) is 11.8 Å². The molecule has 3 rings (SSSR count). The van der Waals surface area contributed by atoms with Gasteiger partial charge in [-0.1, -0.05) is 30.3 Å². The number of piperidine rings is 2. The lowest BCUT2D eigenvalue weighted by Gasteiger charge is -2.47. The van der Waals surface area contributed by atoms with Gasteiger partial charge in [-0.3, -0.25) is 9.59 Å². The summed E-state index contributed by atoms with van der Waals surface area (Å²) < 4.78 is 5.14. The summed E-state index contributed by atoms with van der Waals surface area (Å²) in [6.07, 6.45) is 3.54. The van der Waals surface area contributed by atoms with Crippen LogP contribution in [0.15, 0.2) is 30.3 Å². The predicted octanol–water partition coefficient (Wildman–Crippen LogP) is 2.67. The minimum absolute atomic E-state index is 0.101. The lowest BCUT2D eigenvalue weighted by atomic mass is 9.72. The summed E-state index contributed by atoms with van der Waals surface area (Å²) in [5.74, 6) is 0.356. The van der Waals surface area contributed by atoms with E-state index in [9.17, 15) is 9.59 Å². The average Bonchev–Trinajstić information content (AvgIpc) is 2.69. The first-order valence-corrected chi connectivity index (χ1v) is 9.65. The van der Waals surface area contributed by atoms with Crippen molar-refractivity contribution in [2.45, 2.75) is 38.5 Å². The van der Waals surface area contributed by atoms with Gasteiger partial charge in [0.25, 0.3) is 0 Å². The Morgan fingerprint density at radius 2 is 1.88 bits per heavy atom. The third kappa shape index (κ3) is 4.09. The number of carbonyl (C=O) groups excluding carboxylic acids is 2. The first-order valence-electron chi connectivity index (χ1n) is 9.65. The van der Waals surface area contributed by atoms with Crippen LogP contribution in [0.4, 0.5) is 0 Å². The summed E-state index contributed by atoms with van der Waals surface area (Å²) in [6.45, 7) is 5.65. The molecule has 0 radical (unpaired) electrons. The van der Waals surface area contributed by atoms with E-state index in [1.54, 1.807) is 7.11 Å². The van der Waals surface area contributed by atoms with Gasteiger partial charge in [-0.25, -0.2) is 0 Å². The molecule has 2 aliphatic heterocycles. The first kappa shape index (κ1) is 18.9. The van der Waals surface area contributed by atoms with Gasteiger partial charge in [0.1, 0.15) is 0 Å². The fourth-order valence-corrected chi connectivity index (χ4v) is 4.28. The number of rotatable bonds is 5. The number of ether oxygens (including phenoxy) is 1. The zero-order chi connectivity index (χ0) is 18.6. The molecule has 0 N–H and O–H groups in total. The molecule has 0 saturated carbocycles. The summed E-state index contributed by atoms with van der Waals surface area (Å²) >= 11 is 0. The number of benzene rings is 1. The number of hydrogen-bond donors (Lipinski definition) is 0. The van der Waals surface area contributed by atoms with Crippen LogP contribution in [0, 0.1) is 5.41 Å². The second kappa shape index (κ2) is 8.21. The highest BCUT2D eigenvalue weighted by Crippen LogP contribution is 2.40. The summed E-state index contributed by atoms with van der Waals surface area (Å²) in [4.78, 5) is 29.0. The van der Waals surface area contributed by atoms with E-state index in [0.717, 1.165) is 44.5 Å². The highest BCUT2D eigenvalue weighted by atomic mass is 16.5. The molecule has 2 aliphatic rings. The van der Waals surface area contributed by atoms with Gasteiger partial charge in [0, 0.05) is 39.7 Å². The topological polar surface area (TPSA) is 49.9 Å². The van der Waals surface area contributed by atoms with E-state index in [2.05, 4.69) is 0 Å². The molecule has 2 saturated heterocycles. The van der Waals surface area contributed by atoms with Gasteiger partial charge in [-0.05, 0) is 37.2 Å². The highest BCUT2D eigenvalue weighted by Gasteiger charge is 2.42. The molecule has 1 spiro atoms. The molecule has 142 valence electrons. The van der Waals surface area contributed by atoms with Crippen LogP contribution in [0.1, 0.15) is 44.1 Å². The molecule has 0 unspecified atom stereocenters. The van der Waals surface area contributed by atoms with Crippen LogP contribution < -0.4 is 0 Å². The number of methoxy groups -OCH3 is 1. The van der Waals surface area contributed by atoms with Gasteiger partial charge >= 0.3 is 0 Å². The summed E-state index contributed by atoms with van der Waals surface area (Å²) in [5.41, 5.74) is 1.25. The molecule has 2 heterocycles. The standard InChI is InChI=1S/C21H30N2O3/c1-17(18-6-4-3-5-7-18)20(25)22-12-10-21(11-13-22)9-8-19(24)23(16-21)14-15-26-2/h3-7,17H,8-16H2,1-2H3/t17-/m0/s1. The van der Waals surface area contributed by atoms with Crippen molar-refractivity contribution in [2.75, 3.05) is 39.9 Å². The van der Waals surface area contributed by atoms with E-state index >= 15 is 0 Å². The van der Waals surface area contributed by atoms with E-state index in [4.69, 9.17) is 4.74 Å². The zero-order valence-electron chi connectivity index (χ0n) is 15.9. The van der Waals surface area contributed by atoms with E-state index < -0.39 is 0 Å². The van der Waals surface area contributed by atoms with E-state index in [0.29, 0.717) is 19.6 Å². The number of amides is 2. The maximum absolute atomic E-state index is 12.9. The van der Waals surface area contributed by atoms with Crippen molar-refractivity contribution in [1.82, 2.24) is 9.80 Å². The Kier molecular flexibility index (Phi) is 5.97. The number of hydrogen-bond acceptors (Lipinski definition) is 3. The molecule has 0 aliphatic carbocycles. The Bertz CT molecular complexity index is 623. The van der Waals surface area contributed by atoms with Crippen molar-refractivity contribution < 1.29 is 14.3 Å². The molecule has 2 fully saturated rings. The van der Waals surface area contributed by atoms with Crippen LogP contribution in [-0.2, 0) is 14.3 Å². The van der Waals surface area contributed by atoms with Gasteiger partial charge < -0.3 is 14.5 Å². The van der Waals surface area contributed by atoms with Crippen LogP contribution in [-0.4, -0.2) is 61.5 Å². The maximum Gasteiger partial charge on any atom is 0.229 e. The Morgan fingerprint density at radius 1 is 1.19 bits per heavy atom. The predicted molar refractivity (Wildman–Crippen MR) is 101 cm³/mol.